The van der Waals surface area contributed by atoms with Crippen molar-refractivity contribution in [3.63, 3.8) is 0 Å². The highest BCUT2D eigenvalue weighted by Crippen LogP contribution is 2.18. The lowest BCUT2D eigenvalue weighted by Crippen LogP contribution is -2.46. The molecule has 6 heteroatoms. The van der Waals surface area contributed by atoms with E-state index >= 15 is 0 Å². The lowest BCUT2D eigenvalue weighted by Gasteiger charge is -2.24. The van der Waals surface area contributed by atoms with Gasteiger partial charge in [-0.2, -0.15) is 0 Å². The van der Waals surface area contributed by atoms with Gasteiger partial charge in [0.05, 0.1) is 25.2 Å². The third kappa shape index (κ3) is 48.3. The van der Waals surface area contributed by atoms with Gasteiger partial charge >= 0.3 is 5.97 Å². The van der Waals surface area contributed by atoms with Crippen LogP contribution in [0.2, 0.25) is 0 Å². The highest BCUT2D eigenvalue weighted by atomic mass is 16.5. The number of carbonyl (C=O) groups is 2. The molecule has 0 heterocycles. The van der Waals surface area contributed by atoms with Gasteiger partial charge in [-0.3, -0.25) is 9.59 Å². The Morgan fingerprint density at radius 3 is 1.23 bits per heavy atom. The molecular formula is C60H111NO5. The molecule has 0 spiro atoms. The molecule has 0 bridgehead atoms. The van der Waals surface area contributed by atoms with Gasteiger partial charge in [-0.25, -0.2) is 0 Å². The number of unbranched alkanes of at least 4 members (excludes halogenated alkanes) is 32. The molecule has 386 valence electrons. The molecule has 0 aromatic rings. The molecule has 3 atom stereocenters. The zero-order valence-electron chi connectivity index (χ0n) is 44.1. The van der Waals surface area contributed by atoms with Crippen LogP contribution in [0.4, 0.5) is 0 Å². The van der Waals surface area contributed by atoms with Gasteiger partial charge in [0, 0.05) is 6.42 Å². The number of ether oxygens (including phenoxy) is 1. The number of hydrogen-bond acceptors (Lipinski definition) is 5. The number of amides is 1. The summed E-state index contributed by atoms with van der Waals surface area (Å²) >= 11 is 0. The van der Waals surface area contributed by atoms with E-state index in [0.717, 1.165) is 96.3 Å². The Kier molecular flexibility index (Phi) is 52.0. The van der Waals surface area contributed by atoms with Crippen LogP contribution in [0.25, 0.3) is 0 Å². The smallest absolute Gasteiger partial charge is 0.306 e. The number of aliphatic hydroxyl groups is 2. The van der Waals surface area contributed by atoms with Crippen LogP contribution < -0.4 is 5.32 Å². The van der Waals surface area contributed by atoms with Crippen LogP contribution in [-0.4, -0.2) is 46.9 Å². The number of nitrogens with one attached hydrogen (secondary N) is 1. The van der Waals surface area contributed by atoms with Crippen LogP contribution in [0.5, 0.6) is 0 Å². The van der Waals surface area contributed by atoms with Crippen LogP contribution in [0, 0.1) is 0 Å². The summed E-state index contributed by atoms with van der Waals surface area (Å²) in [7, 11) is 0. The molecule has 1 amide bonds. The van der Waals surface area contributed by atoms with Crippen LogP contribution >= 0.6 is 0 Å². The normalized spacial score (nSPS) is 13.5. The molecule has 0 aliphatic carbocycles. The molecule has 6 nitrogen and oxygen atoms in total. The molecule has 0 aliphatic rings. The Morgan fingerprint density at radius 2 is 0.773 bits per heavy atom. The molecule has 0 aromatic carbocycles. The maximum absolute atomic E-state index is 13.3. The minimum atomic E-state index is -0.796. The van der Waals surface area contributed by atoms with Gasteiger partial charge in [0.1, 0.15) is 6.10 Å². The van der Waals surface area contributed by atoms with Crippen molar-refractivity contribution in [2.24, 2.45) is 0 Å². The van der Waals surface area contributed by atoms with Crippen LogP contribution in [-0.2, 0) is 14.3 Å². The molecule has 0 radical (unpaired) electrons. The van der Waals surface area contributed by atoms with Crippen LogP contribution in [0.15, 0.2) is 48.6 Å². The predicted molar refractivity (Wildman–Crippen MR) is 287 cm³/mol. The van der Waals surface area contributed by atoms with Crippen molar-refractivity contribution < 1.29 is 24.5 Å². The van der Waals surface area contributed by atoms with Gasteiger partial charge in [-0.1, -0.05) is 243 Å². The molecule has 66 heavy (non-hydrogen) atoms. The SMILES string of the molecule is CCCCC/C=C\C/C=C\C/C=C\CCCCCCC(=O)OC(CCCCC/C=C/CCCCCCCCC)CC(=O)NC(CO)C(O)CCCCCCCCCCCCCCCCCC. The Balaban J connectivity index is 4.58. The summed E-state index contributed by atoms with van der Waals surface area (Å²) in [5.41, 5.74) is 0. The lowest BCUT2D eigenvalue weighted by atomic mass is 10.0. The van der Waals surface area contributed by atoms with Gasteiger partial charge < -0.3 is 20.3 Å². The van der Waals surface area contributed by atoms with Gasteiger partial charge in [0.2, 0.25) is 5.91 Å². The van der Waals surface area contributed by atoms with Gasteiger partial charge in [0.15, 0.2) is 0 Å². The van der Waals surface area contributed by atoms with Crippen molar-refractivity contribution in [1.29, 1.82) is 0 Å². The number of allylic oxidation sites excluding steroid dienone is 8. The van der Waals surface area contributed by atoms with Gasteiger partial charge in [-0.15, -0.1) is 0 Å². The van der Waals surface area contributed by atoms with E-state index in [9.17, 15) is 19.8 Å². The summed E-state index contributed by atoms with van der Waals surface area (Å²) in [5, 5.41) is 23.9. The molecule has 0 saturated carbocycles. The minimum absolute atomic E-state index is 0.0592. The first-order valence-electron chi connectivity index (χ1n) is 28.9. The number of esters is 1. The average molecular weight is 927 g/mol. The van der Waals surface area contributed by atoms with Crippen LogP contribution in [0.1, 0.15) is 297 Å². The largest absolute Gasteiger partial charge is 0.462 e. The maximum Gasteiger partial charge on any atom is 0.306 e. The fraction of sp³-hybridized carbons (Fsp3) is 0.833. The van der Waals surface area contributed by atoms with E-state index in [-0.39, 0.29) is 24.9 Å². The molecule has 3 unspecified atom stereocenters. The van der Waals surface area contributed by atoms with E-state index in [1.54, 1.807) is 0 Å². The Morgan fingerprint density at radius 1 is 0.439 bits per heavy atom. The lowest BCUT2D eigenvalue weighted by molar-refractivity contribution is -0.151. The van der Waals surface area contributed by atoms with Crippen molar-refractivity contribution >= 4 is 11.9 Å². The zero-order chi connectivity index (χ0) is 48.1. The summed E-state index contributed by atoms with van der Waals surface area (Å²) in [6, 6.07) is -0.711. The predicted octanol–water partition coefficient (Wildman–Crippen LogP) is 17.8. The Bertz CT molecular complexity index is 1130. The first kappa shape index (κ1) is 63.8. The molecule has 0 fully saturated rings. The zero-order valence-corrected chi connectivity index (χ0v) is 44.1. The second kappa shape index (κ2) is 53.8. The third-order valence-corrected chi connectivity index (χ3v) is 13.1. The van der Waals surface area contributed by atoms with E-state index in [0.29, 0.717) is 19.3 Å². The van der Waals surface area contributed by atoms with Gasteiger partial charge in [0.25, 0.3) is 0 Å². The average Bonchev–Trinajstić information content (AvgIpc) is 3.31. The van der Waals surface area contributed by atoms with Crippen molar-refractivity contribution in [2.45, 2.75) is 315 Å². The number of aliphatic hydroxyl groups excluding tert-OH is 2. The Labute approximate surface area is 410 Å². The molecule has 3 N–H and O–H groups in total. The van der Waals surface area contributed by atoms with Gasteiger partial charge in [-0.05, 0) is 89.9 Å². The first-order chi connectivity index (χ1) is 32.5. The molecule has 0 aliphatic heterocycles. The molecule has 0 saturated heterocycles. The standard InChI is InChI=1S/C60H111NO5/c1-4-7-10-13-16-19-22-25-28-30-32-35-38-41-44-47-50-53-60(65)66-56(51-48-45-42-39-36-33-27-24-21-18-15-12-9-6-3)54-59(64)61-57(55-62)58(63)52-49-46-43-40-37-34-31-29-26-23-20-17-14-11-8-5-2/h16,19,25,28,32-33,35-36,56-58,62-63H,4-15,17-18,20-24,26-27,29-31,34,37-55H2,1-3H3,(H,61,64)/b19-16-,28-25-,35-32-,36-33+. The second-order valence-electron chi connectivity index (χ2n) is 19.7. The van der Waals surface area contributed by atoms with Crippen molar-refractivity contribution in [3.8, 4) is 0 Å². The summed E-state index contributed by atoms with van der Waals surface area (Å²) in [4.78, 5) is 26.3. The van der Waals surface area contributed by atoms with E-state index in [1.807, 2.05) is 0 Å². The molecule has 0 aromatic heterocycles. The fourth-order valence-corrected chi connectivity index (χ4v) is 8.73. The van der Waals surface area contributed by atoms with Crippen LogP contribution in [0.3, 0.4) is 0 Å². The topological polar surface area (TPSA) is 95.9 Å². The second-order valence-corrected chi connectivity index (χ2v) is 19.7. The fourth-order valence-electron chi connectivity index (χ4n) is 8.73. The number of hydrogen-bond donors (Lipinski definition) is 3. The summed E-state index contributed by atoms with van der Waals surface area (Å²) in [6.45, 7) is 6.47. The number of carbonyl (C=O) groups excluding carboxylic acids is 2. The highest BCUT2D eigenvalue weighted by Gasteiger charge is 2.24. The first-order valence-corrected chi connectivity index (χ1v) is 28.9. The Hall–Kier alpha value is -2.18. The quantitative estimate of drug-likeness (QED) is 0.0321. The third-order valence-electron chi connectivity index (χ3n) is 13.1. The molecular weight excluding hydrogens is 815 g/mol. The van der Waals surface area contributed by atoms with Crippen molar-refractivity contribution in [1.82, 2.24) is 5.32 Å². The van der Waals surface area contributed by atoms with E-state index in [2.05, 4.69) is 74.7 Å². The van der Waals surface area contributed by atoms with E-state index in [4.69, 9.17) is 4.74 Å². The van der Waals surface area contributed by atoms with E-state index in [1.165, 1.54) is 154 Å². The monoisotopic (exact) mass is 926 g/mol. The summed E-state index contributed by atoms with van der Waals surface area (Å²) < 4.78 is 5.94. The summed E-state index contributed by atoms with van der Waals surface area (Å²) in [6.07, 6.45) is 66.0. The minimum Gasteiger partial charge on any atom is -0.462 e. The summed E-state index contributed by atoms with van der Waals surface area (Å²) in [5.74, 6) is -0.504. The number of rotatable bonds is 52. The van der Waals surface area contributed by atoms with E-state index < -0.39 is 18.2 Å². The maximum atomic E-state index is 13.3. The molecule has 0 rings (SSSR count). The highest BCUT2D eigenvalue weighted by molar-refractivity contribution is 5.77. The van der Waals surface area contributed by atoms with Crippen molar-refractivity contribution in [2.75, 3.05) is 6.61 Å². The van der Waals surface area contributed by atoms with Crippen molar-refractivity contribution in [3.05, 3.63) is 48.6 Å².